The van der Waals surface area contributed by atoms with Crippen molar-refractivity contribution in [3.05, 3.63) is 0 Å². The van der Waals surface area contributed by atoms with E-state index in [1.165, 1.54) is 0 Å². The molecule has 0 aliphatic rings. The van der Waals surface area contributed by atoms with Gasteiger partial charge in [-0.2, -0.15) is 0 Å². The zero-order chi connectivity index (χ0) is 18.3. The topological polar surface area (TPSA) is 36.9 Å². The average Bonchev–Trinajstić information content (AvgIpc) is 2.58. The van der Waals surface area contributed by atoms with Crippen molar-refractivity contribution < 1.29 is 18.9 Å². The number of hydrogen-bond acceptors (Lipinski definition) is 4. The third kappa shape index (κ3) is 9.52. The molecule has 0 fully saturated rings. The summed E-state index contributed by atoms with van der Waals surface area (Å²) in [6.07, 6.45) is 7.99. The molecule has 0 rings (SSSR count). The molecule has 146 valence electrons. The molecule has 0 aliphatic carbocycles. The van der Waals surface area contributed by atoms with Crippen LogP contribution in [0.25, 0.3) is 0 Å². The number of ether oxygens (including phenoxy) is 4. The lowest BCUT2D eigenvalue weighted by Gasteiger charge is -2.40. The predicted octanol–water partition coefficient (Wildman–Crippen LogP) is 3.99. The molecule has 0 aromatic heterocycles. The minimum absolute atomic E-state index is 0.180. The van der Waals surface area contributed by atoms with Gasteiger partial charge in [-0.1, -0.05) is 53.9 Å². The smallest absolute Gasteiger partial charge is 0.310 e. The quantitative estimate of drug-likeness (QED) is 0.223. The molecule has 2 unspecified atom stereocenters. The van der Waals surface area contributed by atoms with Gasteiger partial charge in [-0.25, -0.2) is 0 Å². The van der Waals surface area contributed by atoms with Crippen molar-refractivity contribution in [3.8, 4) is 0 Å². The summed E-state index contributed by atoms with van der Waals surface area (Å²) >= 11 is 0. The fourth-order valence-corrected chi connectivity index (χ4v) is 2.62. The van der Waals surface area contributed by atoms with Crippen molar-refractivity contribution >= 4 is 10.2 Å². The van der Waals surface area contributed by atoms with Gasteiger partial charge >= 0.3 is 5.97 Å². The van der Waals surface area contributed by atoms with Crippen LogP contribution in [0.1, 0.15) is 86.0 Å². The van der Waals surface area contributed by atoms with Gasteiger partial charge in [0.15, 0.2) is 0 Å². The predicted molar refractivity (Wildman–Crippen MR) is 104 cm³/mol. The first-order valence-electron chi connectivity index (χ1n) is 10.2. The van der Waals surface area contributed by atoms with Crippen LogP contribution >= 0.6 is 0 Å². The van der Waals surface area contributed by atoms with Gasteiger partial charge in [0.2, 0.25) is 0 Å². The molecule has 2 atom stereocenters. The minimum Gasteiger partial charge on any atom is -0.370 e. The molecule has 4 nitrogen and oxygen atoms in total. The minimum atomic E-state index is -1.05. The van der Waals surface area contributed by atoms with Crippen LogP contribution in [-0.2, 0) is 18.9 Å². The average molecular weight is 363 g/mol. The normalized spacial score (nSPS) is 14.9. The Labute approximate surface area is 153 Å². The molecule has 0 heterocycles. The first-order chi connectivity index (χ1) is 11.6. The molecule has 24 heavy (non-hydrogen) atoms. The zero-order valence-electron chi connectivity index (χ0n) is 17.1. The van der Waals surface area contributed by atoms with E-state index in [2.05, 4.69) is 34.6 Å². The SMILES string of the molecule is CCCCOC(CC)C(OCCCC)(OCCCC)OC([SiH3])CC. The number of unbranched alkanes of at least 4 members (excludes halogenated alkanes) is 3. The maximum atomic E-state index is 6.36. The first-order valence-corrected chi connectivity index (χ1v) is 11.3. The fourth-order valence-electron chi connectivity index (χ4n) is 2.29. The molecular formula is C19H42O4Si. The lowest BCUT2D eigenvalue weighted by atomic mass is 10.2. The molecule has 5 heteroatoms. The van der Waals surface area contributed by atoms with E-state index in [9.17, 15) is 0 Å². The first kappa shape index (κ1) is 24.1. The lowest BCUT2D eigenvalue weighted by Crippen LogP contribution is -2.53. The number of hydrogen-bond donors (Lipinski definition) is 0. The van der Waals surface area contributed by atoms with Crippen LogP contribution in [0.15, 0.2) is 0 Å². The Balaban J connectivity index is 5.20. The fraction of sp³-hybridized carbons (Fsp3) is 1.00. The van der Waals surface area contributed by atoms with Crippen molar-refractivity contribution in [1.82, 2.24) is 0 Å². The second kappa shape index (κ2) is 15.3. The van der Waals surface area contributed by atoms with E-state index in [1.807, 2.05) is 0 Å². The highest BCUT2D eigenvalue weighted by molar-refractivity contribution is 6.10. The van der Waals surface area contributed by atoms with E-state index in [0.29, 0.717) is 13.2 Å². The van der Waals surface area contributed by atoms with Gasteiger partial charge in [0.25, 0.3) is 0 Å². The van der Waals surface area contributed by atoms with Crippen LogP contribution in [0.4, 0.5) is 0 Å². The zero-order valence-corrected chi connectivity index (χ0v) is 19.1. The highest BCUT2D eigenvalue weighted by Gasteiger charge is 2.44. The van der Waals surface area contributed by atoms with Gasteiger partial charge in [0, 0.05) is 22.6 Å². The van der Waals surface area contributed by atoms with Crippen LogP contribution in [0, 0.1) is 0 Å². The van der Waals surface area contributed by atoms with Crippen molar-refractivity contribution in [1.29, 1.82) is 0 Å². The van der Waals surface area contributed by atoms with Crippen LogP contribution in [0.2, 0.25) is 0 Å². The Morgan fingerprint density at radius 2 is 1.25 bits per heavy atom. The second-order valence-electron chi connectivity index (χ2n) is 6.47. The van der Waals surface area contributed by atoms with Crippen LogP contribution in [0.3, 0.4) is 0 Å². The Bertz CT molecular complexity index is 266. The summed E-state index contributed by atoms with van der Waals surface area (Å²) < 4.78 is 25.0. The van der Waals surface area contributed by atoms with Gasteiger partial charge in [0.1, 0.15) is 6.10 Å². The summed E-state index contributed by atoms with van der Waals surface area (Å²) in [6, 6.07) is 0. The van der Waals surface area contributed by atoms with E-state index in [1.54, 1.807) is 0 Å². The van der Waals surface area contributed by atoms with Gasteiger partial charge in [-0.15, -0.1) is 0 Å². The summed E-state index contributed by atoms with van der Waals surface area (Å²) in [6.45, 7) is 12.8. The Kier molecular flexibility index (Phi) is 15.4. The third-order valence-corrected chi connectivity index (χ3v) is 5.18. The van der Waals surface area contributed by atoms with E-state index >= 15 is 0 Å². The highest BCUT2D eigenvalue weighted by atomic mass is 28.1. The van der Waals surface area contributed by atoms with Crippen molar-refractivity contribution in [3.63, 3.8) is 0 Å². The molecule has 0 bridgehead atoms. The summed E-state index contributed by atoms with van der Waals surface area (Å²) in [7, 11) is 0.956. The monoisotopic (exact) mass is 362 g/mol. The van der Waals surface area contributed by atoms with E-state index < -0.39 is 5.97 Å². The van der Waals surface area contributed by atoms with Gasteiger partial charge < -0.3 is 18.9 Å². The standard InChI is InChI=1S/C19H42O4Si/c1-6-11-14-20-17(9-4)19(21-15-12-7-2,22-16-13-8-3)23-18(24)10-5/h17-18H,6-16H2,1-5,24H3. The summed E-state index contributed by atoms with van der Waals surface area (Å²) in [5.74, 6) is -1.05. The third-order valence-electron chi connectivity index (χ3n) is 4.12. The maximum absolute atomic E-state index is 6.36. The Morgan fingerprint density at radius 3 is 1.67 bits per heavy atom. The lowest BCUT2D eigenvalue weighted by molar-refractivity contribution is -0.423. The molecule has 0 spiro atoms. The molecule has 0 radical (unpaired) electrons. The van der Waals surface area contributed by atoms with Crippen LogP contribution in [0.5, 0.6) is 0 Å². The molecule has 0 N–H and O–H groups in total. The highest BCUT2D eigenvalue weighted by Crippen LogP contribution is 2.28. The Hall–Kier alpha value is 0.0569. The van der Waals surface area contributed by atoms with Gasteiger partial charge in [0.05, 0.1) is 13.2 Å². The Morgan fingerprint density at radius 1 is 0.750 bits per heavy atom. The van der Waals surface area contributed by atoms with Gasteiger partial charge in [-0.05, 0) is 32.1 Å². The van der Waals surface area contributed by atoms with E-state index in [0.717, 1.165) is 68.2 Å². The van der Waals surface area contributed by atoms with Crippen LogP contribution in [-0.4, -0.2) is 47.9 Å². The summed E-state index contributed by atoms with van der Waals surface area (Å²) in [5, 5.41) is 0. The van der Waals surface area contributed by atoms with Crippen molar-refractivity contribution in [2.75, 3.05) is 19.8 Å². The maximum Gasteiger partial charge on any atom is 0.310 e. The largest absolute Gasteiger partial charge is 0.370 e. The summed E-state index contributed by atoms with van der Waals surface area (Å²) in [4.78, 5) is 0. The molecule has 0 aromatic rings. The summed E-state index contributed by atoms with van der Waals surface area (Å²) in [5.41, 5.74) is 0.206. The van der Waals surface area contributed by atoms with Crippen LogP contribution < -0.4 is 0 Å². The van der Waals surface area contributed by atoms with Gasteiger partial charge in [-0.3, -0.25) is 0 Å². The van der Waals surface area contributed by atoms with Crippen molar-refractivity contribution in [2.24, 2.45) is 0 Å². The number of rotatable bonds is 17. The van der Waals surface area contributed by atoms with E-state index in [4.69, 9.17) is 18.9 Å². The molecule has 0 aliphatic heterocycles. The molecule has 0 aromatic carbocycles. The molecule has 0 amide bonds. The van der Waals surface area contributed by atoms with E-state index in [-0.39, 0.29) is 11.8 Å². The van der Waals surface area contributed by atoms with Crippen molar-refractivity contribution in [2.45, 2.75) is 104 Å². The second-order valence-corrected chi connectivity index (χ2v) is 7.75. The molecule has 0 saturated heterocycles. The molecular weight excluding hydrogens is 320 g/mol. The molecule has 0 saturated carbocycles.